The van der Waals surface area contributed by atoms with Gasteiger partial charge in [0.2, 0.25) is 22.1 Å². The van der Waals surface area contributed by atoms with Crippen molar-refractivity contribution in [1.29, 1.82) is 0 Å². The average molecular weight is 619 g/mol. The Morgan fingerprint density at radius 3 is 2.12 bits per heavy atom. The molecule has 0 radical (unpaired) electrons. The summed E-state index contributed by atoms with van der Waals surface area (Å²) in [7, 11) is 0. The quantitative estimate of drug-likeness (QED) is 0.270. The molecule has 17 heteroatoms. The Bertz CT molecular complexity index is 1390. The minimum Gasteiger partial charge on any atom is -0.448 e. The van der Waals surface area contributed by atoms with Gasteiger partial charge in [-0.25, -0.2) is 9.59 Å². The number of carbonyl (C=O) groups excluding carboxylic acids is 4. The molecule has 0 bridgehead atoms. The van der Waals surface area contributed by atoms with E-state index in [1.165, 1.54) is 32.5 Å². The second-order valence-corrected chi connectivity index (χ2v) is 12.2. The van der Waals surface area contributed by atoms with E-state index in [0.717, 1.165) is 27.1 Å². The van der Waals surface area contributed by atoms with E-state index in [0.29, 0.717) is 29.6 Å². The van der Waals surface area contributed by atoms with Crippen molar-refractivity contribution in [2.75, 3.05) is 55.0 Å². The summed E-state index contributed by atoms with van der Waals surface area (Å²) in [6, 6.07) is 9.13. The van der Waals surface area contributed by atoms with Gasteiger partial charge in [0.15, 0.2) is 0 Å². The van der Waals surface area contributed by atoms with Crippen molar-refractivity contribution in [2.24, 2.45) is 0 Å². The first kappa shape index (κ1) is 28.7. The highest BCUT2D eigenvalue weighted by atomic mass is 32.2. The molecular formula is C24H26N8O6S3. The van der Waals surface area contributed by atoms with Crippen LogP contribution < -0.4 is 10.6 Å². The highest BCUT2D eigenvalue weighted by molar-refractivity contribution is 7.99. The zero-order valence-corrected chi connectivity index (χ0v) is 24.1. The number of aromatic nitrogens is 4. The number of cyclic esters (lactones) is 2. The van der Waals surface area contributed by atoms with Crippen LogP contribution in [0, 0.1) is 0 Å². The Balaban J connectivity index is 0.988. The van der Waals surface area contributed by atoms with E-state index >= 15 is 0 Å². The number of nitrogens with one attached hydrogen (secondary N) is 2. The number of amides is 4. The van der Waals surface area contributed by atoms with Gasteiger partial charge in [-0.3, -0.25) is 30.0 Å². The largest absolute Gasteiger partial charge is 0.448 e. The van der Waals surface area contributed by atoms with Crippen molar-refractivity contribution in [2.45, 2.75) is 18.9 Å². The minimum atomic E-state index is -0.524. The molecule has 4 amide bonds. The van der Waals surface area contributed by atoms with Crippen LogP contribution in [0.3, 0.4) is 0 Å². The Kier molecular flexibility index (Phi) is 9.58. The number of benzene rings is 1. The Hall–Kier alpha value is -3.83. The molecule has 2 aliphatic rings. The van der Waals surface area contributed by atoms with Gasteiger partial charge >= 0.3 is 12.2 Å². The molecule has 216 valence electrons. The smallest absolute Gasteiger partial charge is 0.410 e. The molecule has 1 aromatic carbocycles. The van der Waals surface area contributed by atoms with Gasteiger partial charge in [0.1, 0.15) is 36.3 Å². The molecule has 2 fully saturated rings. The van der Waals surface area contributed by atoms with E-state index in [1.54, 1.807) is 11.8 Å². The monoisotopic (exact) mass is 618 g/mol. The van der Waals surface area contributed by atoms with Gasteiger partial charge in [-0.2, -0.15) is 11.8 Å². The molecule has 0 spiro atoms. The summed E-state index contributed by atoms with van der Waals surface area (Å²) < 4.78 is 9.97. The normalized spacial score (nSPS) is 16.5. The second-order valence-electron chi connectivity index (χ2n) is 8.88. The highest BCUT2D eigenvalue weighted by Gasteiger charge is 2.35. The van der Waals surface area contributed by atoms with Crippen molar-refractivity contribution in [3.05, 3.63) is 45.9 Å². The van der Waals surface area contributed by atoms with Crippen LogP contribution in [-0.4, -0.2) is 98.5 Å². The van der Waals surface area contributed by atoms with Crippen LogP contribution in [0.1, 0.15) is 21.6 Å². The van der Waals surface area contributed by atoms with Crippen molar-refractivity contribution in [3.8, 4) is 0 Å². The second kappa shape index (κ2) is 13.7. The lowest BCUT2D eigenvalue weighted by molar-refractivity contribution is -0.117. The van der Waals surface area contributed by atoms with E-state index in [9.17, 15) is 19.2 Å². The minimum absolute atomic E-state index is 0.0809. The molecule has 3 aromatic rings. The number of thioether (sulfide) groups is 1. The molecule has 1 unspecified atom stereocenters. The lowest BCUT2D eigenvalue weighted by atomic mass is 10.1. The fourth-order valence-electron chi connectivity index (χ4n) is 4.02. The molecular weight excluding hydrogens is 593 g/mol. The molecule has 0 saturated carbocycles. The number of hydrogen-bond acceptors (Lipinski definition) is 13. The average Bonchev–Trinajstić information content (AvgIpc) is 3.76. The maximum absolute atomic E-state index is 12.6. The third-order valence-electron chi connectivity index (χ3n) is 6.00. The van der Waals surface area contributed by atoms with E-state index in [-0.39, 0.29) is 44.2 Å². The number of hydrogen-bond donors (Lipinski definition) is 2. The molecule has 2 aromatic heterocycles. The van der Waals surface area contributed by atoms with Gasteiger partial charge in [-0.1, -0.05) is 53.0 Å². The van der Waals surface area contributed by atoms with Crippen LogP contribution in [-0.2, 0) is 31.9 Å². The highest BCUT2D eigenvalue weighted by Crippen LogP contribution is 2.27. The van der Waals surface area contributed by atoms with Crippen molar-refractivity contribution in [3.63, 3.8) is 0 Å². The van der Waals surface area contributed by atoms with Crippen LogP contribution in [0.15, 0.2) is 30.3 Å². The molecule has 2 aliphatic heterocycles. The van der Waals surface area contributed by atoms with Crippen LogP contribution >= 0.6 is 34.4 Å². The Morgan fingerprint density at radius 1 is 0.878 bits per heavy atom. The number of rotatable bonds is 13. The van der Waals surface area contributed by atoms with E-state index < -0.39 is 12.2 Å². The van der Waals surface area contributed by atoms with E-state index in [1.807, 2.05) is 30.3 Å². The maximum atomic E-state index is 12.6. The third kappa shape index (κ3) is 7.89. The van der Waals surface area contributed by atoms with Gasteiger partial charge in [-0.15, -0.1) is 20.4 Å². The van der Waals surface area contributed by atoms with Crippen molar-refractivity contribution >= 4 is 68.7 Å². The summed E-state index contributed by atoms with van der Waals surface area (Å²) in [5.41, 5.74) is 0.905. The van der Waals surface area contributed by atoms with Crippen molar-refractivity contribution in [1.82, 2.24) is 30.2 Å². The SMILES string of the molecule is O=C(CN1CCOC1=O)Nc1nnc(CCSCCc2nnc(NC(=O)CN3C(=O)OCC3c3ccccc3)s2)s1. The molecule has 2 N–H and O–H groups in total. The van der Waals surface area contributed by atoms with Gasteiger partial charge in [0.05, 0.1) is 12.6 Å². The standard InChI is InChI=1S/C24H26N8O6S3/c33-17(12-31-8-9-37-23(31)35)25-21-29-27-19(40-21)6-10-39-11-7-20-28-30-22(41-20)26-18(34)13-32-16(14-38-24(32)36)15-4-2-1-3-5-15/h1-5,16H,6-14H2,(H,25,29,33)(H,26,30,34). The van der Waals surface area contributed by atoms with Gasteiger partial charge in [0.25, 0.3) is 0 Å². The molecule has 1 atom stereocenters. The molecule has 2 saturated heterocycles. The first-order valence-electron chi connectivity index (χ1n) is 12.7. The topological polar surface area (TPSA) is 169 Å². The van der Waals surface area contributed by atoms with E-state index in [2.05, 4.69) is 31.0 Å². The maximum Gasteiger partial charge on any atom is 0.410 e. The summed E-state index contributed by atoms with van der Waals surface area (Å²) in [6.07, 6.45) is 0.358. The van der Waals surface area contributed by atoms with E-state index in [4.69, 9.17) is 9.47 Å². The van der Waals surface area contributed by atoms with Crippen LogP contribution in [0.2, 0.25) is 0 Å². The fourth-order valence-corrected chi connectivity index (χ4v) is 6.67. The Labute approximate surface area is 246 Å². The predicted molar refractivity (Wildman–Crippen MR) is 152 cm³/mol. The van der Waals surface area contributed by atoms with Gasteiger partial charge < -0.3 is 9.47 Å². The van der Waals surface area contributed by atoms with Crippen LogP contribution in [0.25, 0.3) is 0 Å². The third-order valence-corrected chi connectivity index (χ3v) is 8.78. The summed E-state index contributed by atoms with van der Waals surface area (Å²) in [5.74, 6) is 0.894. The van der Waals surface area contributed by atoms with Gasteiger partial charge in [-0.05, 0) is 17.1 Å². The zero-order chi connectivity index (χ0) is 28.6. The summed E-state index contributed by atoms with van der Waals surface area (Å²) in [6.45, 7) is 0.656. The zero-order valence-electron chi connectivity index (χ0n) is 21.7. The molecule has 5 rings (SSSR count). The fraction of sp³-hybridized carbons (Fsp3) is 0.417. The summed E-state index contributed by atoms with van der Waals surface area (Å²) in [4.78, 5) is 51.1. The summed E-state index contributed by atoms with van der Waals surface area (Å²) >= 11 is 4.31. The number of aryl methyl sites for hydroxylation is 2. The number of anilines is 2. The summed E-state index contributed by atoms with van der Waals surface area (Å²) in [5, 5.41) is 24.0. The first-order chi connectivity index (χ1) is 19.9. The van der Waals surface area contributed by atoms with Crippen LogP contribution in [0.4, 0.5) is 19.9 Å². The molecule has 41 heavy (non-hydrogen) atoms. The predicted octanol–water partition coefficient (Wildman–Crippen LogP) is 2.43. The molecule has 4 heterocycles. The molecule has 14 nitrogen and oxygen atoms in total. The Morgan fingerprint density at radius 2 is 1.51 bits per heavy atom. The first-order valence-corrected chi connectivity index (χ1v) is 15.5. The number of nitrogens with zero attached hydrogens (tertiary/aromatic N) is 6. The van der Waals surface area contributed by atoms with Gasteiger partial charge in [0, 0.05) is 12.8 Å². The number of carbonyl (C=O) groups is 4. The van der Waals surface area contributed by atoms with Crippen molar-refractivity contribution < 1.29 is 28.7 Å². The molecule has 0 aliphatic carbocycles. The lowest BCUT2D eigenvalue weighted by Gasteiger charge is -2.20. The lowest BCUT2D eigenvalue weighted by Crippen LogP contribution is -2.35. The number of ether oxygens (including phenoxy) is 2. The van der Waals surface area contributed by atoms with Crippen LogP contribution in [0.5, 0.6) is 0 Å².